The third kappa shape index (κ3) is 0.697. The third-order valence-electron chi connectivity index (χ3n) is 2.57. The summed E-state index contributed by atoms with van der Waals surface area (Å²) in [5, 5.41) is 0. The van der Waals surface area contributed by atoms with E-state index in [2.05, 4.69) is 13.8 Å². The lowest BCUT2D eigenvalue weighted by molar-refractivity contribution is -0.112. The van der Waals surface area contributed by atoms with E-state index in [1.807, 2.05) is 0 Å². The van der Waals surface area contributed by atoms with E-state index in [9.17, 15) is 4.79 Å². The molecule has 1 aliphatic rings. The first-order valence-corrected chi connectivity index (χ1v) is 3.24. The third-order valence-corrected chi connectivity index (χ3v) is 2.57. The Morgan fingerprint density at radius 3 is 2.11 bits per heavy atom. The van der Waals surface area contributed by atoms with Gasteiger partial charge in [0, 0.05) is 12.0 Å². The predicted molar refractivity (Wildman–Crippen MR) is 35.9 cm³/mol. The first-order valence-electron chi connectivity index (χ1n) is 3.24. The second-order valence-electron chi connectivity index (χ2n) is 3.54. The van der Waals surface area contributed by atoms with Crippen molar-refractivity contribution in [3.05, 3.63) is 0 Å². The molecule has 52 valence electrons. The van der Waals surface area contributed by atoms with Gasteiger partial charge < -0.3 is 10.5 Å². The fourth-order valence-electron chi connectivity index (χ4n) is 1.34. The van der Waals surface area contributed by atoms with Crippen LogP contribution in [0.25, 0.3) is 0 Å². The van der Waals surface area contributed by atoms with Gasteiger partial charge in [-0.2, -0.15) is 0 Å². The highest BCUT2D eigenvalue weighted by molar-refractivity contribution is 5.66. The van der Waals surface area contributed by atoms with Gasteiger partial charge in [0.25, 0.3) is 0 Å². The molecule has 0 saturated heterocycles. The van der Waals surface area contributed by atoms with Gasteiger partial charge in [0.2, 0.25) is 0 Å². The summed E-state index contributed by atoms with van der Waals surface area (Å²) in [6, 6.07) is 0. The van der Waals surface area contributed by atoms with Crippen LogP contribution >= 0.6 is 0 Å². The lowest BCUT2D eigenvalue weighted by Gasteiger charge is -2.08. The van der Waals surface area contributed by atoms with Crippen LogP contribution < -0.4 is 5.73 Å². The molecule has 1 saturated carbocycles. The molecule has 0 heterocycles. The Morgan fingerprint density at radius 2 is 2.11 bits per heavy atom. The summed E-state index contributed by atoms with van der Waals surface area (Å²) in [6.07, 6.45) is 1.97. The second-order valence-corrected chi connectivity index (χ2v) is 3.54. The van der Waals surface area contributed by atoms with Gasteiger partial charge in [0.15, 0.2) is 0 Å². The highest BCUT2D eigenvalue weighted by atomic mass is 16.1. The monoisotopic (exact) mass is 127 g/mol. The standard InChI is InChI=1S/C7H13NO/c1-6(2)3-7(6,4-8)5-9/h5H,3-4,8H2,1-2H3. The van der Waals surface area contributed by atoms with Crippen molar-refractivity contribution in [2.45, 2.75) is 20.3 Å². The predicted octanol–water partition coefficient (Wildman–Crippen LogP) is 0.560. The van der Waals surface area contributed by atoms with Crippen molar-refractivity contribution in [3.8, 4) is 0 Å². The number of hydrogen-bond acceptors (Lipinski definition) is 2. The SMILES string of the molecule is CC1(C)CC1(C=O)CN. The maximum Gasteiger partial charge on any atom is 0.127 e. The Morgan fingerprint density at radius 1 is 1.67 bits per heavy atom. The van der Waals surface area contributed by atoms with E-state index in [4.69, 9.17) is 5.73 Å². The van der Waals surface area contributed by atoms with Gasteiger partial charge in [-0.3, -0.25) is 0 Å². The van der Waals surface area contributed by atoms with Gasteiger partial charge >= 0.3 is 0 Å². The zero-order valence-electron chi connectivity index (χ0n) is 5.98. The number of nitrogens with two attached hydrogens (primary N) is 1. The van der Waals surface area contributed by atoms with Crippen LogP contribution in [0.1, 0.15) is 20.3 Å². The van der Waals surface area contributed by atoms with Crippen LogP contribution in [0.4, 0.5) is 0 Å². The maximum atomic E-state index is 10.5. The number of aldehydes is 1. The quantitative estimate of drug-likeness (QED) is 0.551. The molecule has 0 bridgehead atoms. The molecule has 0 aromatic rings. The molecule has 9 heavy (non-hydrogen) atoms. The first-order chi connectivity index (χ1) is 4.08. The number of hydrogen-bond donors (Lipinski definition) is 1. The molecule has 0 amide bonds. The molecule has 1 unspecified atom stereocenters. The maximum absolute atomic E-state index is 10.5. The minimum atomic E-state index is -0.174. The van der Waals surface area contributed by atoms with Gasteiger partial charge in [0.1, 0.15) is 6.29 Å². The van der Waals surface area contributed by atoms with E-state index in [0.29, 0.717) is 6.54 Å². The molecule has 2 nitrogen and oxygen atoms in total. The summed E-state index contributed by atoms with van der Waals surface area (Å²) < 4.78 is 0. The largest absolute Gasteiger partial charge is 0.329 e. The Balaban J connectivity index is 2.68. The molecular weight excluding hydrogens is 114 g/mol. The van der Waals surface area contributed by atoms with E-state index >= 15 is 0 Å². The molecule has 1 rings (SSSR count). The Bertz CT molecular complexity index is 142. The van der Waals surface area contributed by atoms with Gasteiger partial charge in [-0.1, -0.05) is 13.8 Å². The normalized spacial score (nSPS) is 38.1. The van der Waals surface area contributed by atoms with Gasteiger partial charge in [-0.05, 0) is 11.8 Å². The molecule has 2 heteroatoms. The Kier molecular flexibility index (Phi) is 1.17. The fourth-order valence-corrected chi connectivity index (χ4v) is 1.34. The van der Waals surface area contributed by atoms with Crippen LogP contribution in [0.3, 0.4) is 0 Å². The lowest BCUT2D eigenvalue weighted by atomic mass is 9.98. The molecule has 1 atom stereocenters. The van der Waals surface area contributed by atoms with Gasteiger partial charge in [0.05, 0.1) is 0 Å². The zero-order valence-corrected chi connectivity index (χ0v) is 5.98. The average molecular weight is 127 g/mol. The van der Waals surface area contributed by atoms with Crippen molar-refractivity contribution in [2.75, 3.05) is 6.54 Å². The molecule has 1 fully saturated rings. The van der Waals surface area contributed by atoms with Crippen LogP contribution in [0, 0.1) is 10.8 Å². The summed E-state index contributed by atoms with van der Waals surface area (Å²) in [5.41, 5.74) is 5.42. The van der Waals surface area contributed by atoms with E-state index in [-0.39, 0.29) is 10.8 Å². The van der Waals surface area contributed by atoms with Crippen LogP contribution in [0.2, 0.25) is 0 Å². The van der Waals surface area contributed by atoms with Crippen LogP contribution in [0.5, 0.6) is 0 Å². The van der Waals surface area contributed by atoms with Crippen molar-refractivity contribution in [2.24, 2.45) is 16.6 Å². The van der Waals surface area contributed by atoms with E-state index in [1.165, 1.54) is 0 Å². The molecule has 0 spiro atoms. The van der Waals surface area contributed by atoms with E-state index < -0.39 is 0 Å². The topological polar surface area (TPSA) is 43.1 Å². The number of carbonyl (C=O) groups excluding carboxylic acids is 1. The highest BCUT2D eigenvalue weighted by Crippen LogP contribution is 2.61. The molecule has 0 aliphatic heterocycles. The van der Waals surface area contributed by atoms with Crippen molar-refractivity contribution in [3.63, 3.8) is 0 Å². The zero-order chi connectivity index (χ0) is 7.12. The summed E-state index contributed by atoms with van der Waals surface area (Å²) in [4.78, 5) is 10.5. The van der Waals surface area contributed by atoms with Crippen molar-refractivity contribution in [1.29, 1.82) is 0 Å². The van der Waals surface area contributed by atoms with Crippen LogP contribution in [0.15, 0.2) is 0 Å². The molecule has 0 aromatic heterocycles. The summed E-state index contributed by atoms with van der Waals surface area (Å²) in [5.74, 6) is 0. The first kappa shape index (κ1) is 6.75. The summed E-state index contributed by atoms with van der Waals surface area (Å²) in [6.45, 7) is 4.66. The second kappa shape index (κ2) is 1.57. The van der Waals surface area contributed by atoms with Crippen molar-refractivity contribution < 1.29 is 4.79 Å². The minimum Gasteiger partial charge on any atom is -0.329 e. The van der Waals surface area contributed by atoms with Crippen molar-refractivity contribution in [1.82, 2.24) is 0 Å². The average Bonchev–Trinajstić information content (AvgIpc) is 2.35. The molecule has 0 radical (unpaired) electrons. The lowest BCUT2D eigenvalue weighted by Crippen LogP contribution is -2.21. The minimum absolute atomic E-state index is 0.170. The fraction of sp³-hybridized carbons (Fsp3) is 0.857. The Hall–Kier alpha value is -0.370. The molecular formula is C7H13NO. The molecule has 2 N–H and O–H groups in total. The van der Waals surface area contributed by atoms with Crippen LogP contribution in [-0.2, 0) is 4.79 Å². The summed E-state index contributed by atoms with van der Waals surface area (Å²) >= 11 is 0. The van der Waals surface area contributed by atoms with Crippen molar-refractivity contribution >= 4 is 6.29 Å². The smallest absolute Gasteiger partial charge is 0.127 e. The van der Waals surface area contributed by atoms with Gasteiger partial charge in [-0.15, -0.1) is 0 Å². The van der Waals surface area contributed by atoms with E-state index in [1.54, 1.807) is 0 Å². The Labute approximate surface area is 55.4 Å². The van der Waals surface area contributed by atoms with Crippen LogP contribution in [-0.4, -0.2) is 12.8 Å². The van der Waals surface area contributed by atoms with E-state index in [0.717, 1.165) is 12.7 Å². The van der Waals surface area contributed by atoms with Gasteiger partial charge in [-0.25, -0.2) is 0 Å². The summed E-state index contributed by atoms with van der Waals surface area (Å²) in [7, 11) is 0. The molecule has 0 aromatic carbocycles. The number of carbonyl (C=O) groups is 1. The number of rotatable bonds is 2. The molecule has 1 aliphatic carbocycles. The highest BCUT2D eigenvalue weighted by Gasteiger charge is 2.60.